The van der Waals surface area contributed by atoms with Crippen LogP contribution in [0.4, 0.5) is 0 Å². The molecule has 4 aliphatic carbocycles. The Labute approximate surface area is 209 Å². The molecule has 4 N–H and O–H groups in total. The fraction of sp³-hybridized carbons (Fsp3) is 0.893. The first kappa shape index (κ1) is 26.4. The topological polar surface area (TPSA) is 127 Å². The molecule has 0 radical (unpaired) electrons. The molecule has 4 fully saturated rings. The lowest BCUT2D eigenvalue weighted by Crippen LogP contribution is -2.54. The average molecular weight is 492 g/mol. The molecule has 4 aliphatic rings. The van der Waals surface area contributed by atoms with Crippen molar-refractivity contribution in [3.05, 3.63) is 0 Å². The lowest BCUT2D eigenvalue weighted by atomic mass is 9.44. The highest BCUT2D eigenvalue weighted by atomic mass is 16.5. The number of carbonyl (C=O) groups excluding carboxylic acids is 1. The molecule has 0 aromatic rings. The summed E-state index contributed by atoms with van der Waals surface area (Å²) in [6.45, 7) is 7.26. The molecule has 198 valence electrons. The maximum Gasteiger partial charge on any atom is 0.323 e. The summed E-state index contributed by atoms with van der Waals surface area (Å²) in [5, 5.41) is 18.1. The number of carboxylic acid groups (broad SMARTS) is 2. The first-order valence-corrected chi connectivity index (χ1v) is 13.9. The van der Waals surface area contributed by atoms with Crippen LogP contribution < -0.4 is 5.73 Å². The number of hydrogen-bond acceptors (Lipinski definition) is 5. The zero-order valence-corrected chi connectivity index (χ0v) is 21.7. The molecular weight excluding hydrogens is 446 g/mol. The Morgan fingerprint density at radius 2 is 1.63 bits per heavy atom. The van der Waals surface area contributed by atoms with Crippen molar-refractivity contribution in [2.24, 2.45) is 52.1 Å². The number of ether oxygens (including phenoxy) is 1. The summed E-state index contributed by atoms with van der Waals surface area (Å²) in [5.41, 5.74) is 6.32. The van der Waals surface area contributed by atoms with E-state index in [1.54, 1.807) is 0 Å². The first-order chi connectivity index (χ1) is 16.5. The minimum Gasteiger partial charge on any atom is -0.481 e. The Morgan fingerprint density at radius 3 is 2.31 bits per heavy atom. The third kappa shape index (κ3) is 4.99. The molecule has 7 heteroatoms. The minimum absolute atomic E-state index is 0.156. The normalized spacial score (nSPS) is 42.2. The van der Waals surface area contributed by atoms with E-state index in [1.165, 1.54) is 38.5 Å². The summed E-state index contributed by atoms with van der Waals surface area (Å²) in [5.74, 6) is 1.45. The Bertz CT molecular complexity index is 830. The van der Waals surface area contributed by atoms with Crippen molar-refractivity contribution in [2.45, 2.75) is 110 Å². The van der Waals surface area contributed by atoms with Crippen molar-refractivity contribution >= 4 is 17.9 Å². The number of hydrogen-bond donors (Lipinski definition) is 3. The summed E-state index contributed by atoms with van der Waals surface area (Å²) in [7, 11) is 0. The van der Waals surface area contributed by atoms with Gasteiger partial charge in [0, 0.05) is 6.42 Å². The van der Waals surface area contributed by atoms with Gasteiger partial charge in [-0.1, -0.05) is 20.8 Å². The Kier molecular flexibility index (Phi) is 7.57. The van der Waals surface area contributed by atoms with Crippen LogP contribution in [0.5, 0.6) is 0 Å². The van der Waals surface area contributed by atoms with Crippen molar-refractivity contribution in [3.63, 3.8) is 0 Å². The summed E-state index contributed by atoms with van der Waals surface area (Å²) in [4.78, 5) is 34.3. The summed E-state index contributed by atoms with van der Waals surface area (Å²) < 4.78 is 5.68. The zero-order chi connectivity index (χ0) is 25.5. The zero-order valence-electron chi connectivity index (χ0n) is 21.7. The van der Waals surface area contributed by atoms with Crippen LogP contribution in [0.25, 0.3) is 0 Å². The number of esters is 1. The third-order valence-corrected chi connectivity index (χ3v) is 11.2. The van der Waals surface area contributed by atoms with Gasteiger partial charge in [-0.2, -0.15) is 0 Å². The number of nitrogens with two attached hydrogens (primary N) is 1. The van der Waals surface area contributed by atoms with E-state index >= 15 is 0 Å². The fourth-order valence-electron chi connectivity index (χ4n) is 9.38. The van der Waals surface area contributed by atoms with E-state index in [2.05, 4.69) is 20.8 Å². The predicted octanol–water partition coefficient (Wildman–Crippen LogP) is 4.86. The molecule has 0 aromatic carbocycles. The van der Waals surface area contributed by atoms with Gasteiger partial charge in [0.05, 0.1) is 6.42 Å². The molecule has 0 aromatic heterocycles. The standard InChI is InChI=1S/C28H45NO6/c1-16(4-9-24(30)31)20-7-8-21-19-6-5-17-14-18(35-26(34)23(29)15-25(32)33)10-12-27(17,2)22(19)11-13-28(20,21)3/h16-23H,4-15,29H2,1-3H3,(H,30,31)(H,32,33)/t16-,17-,18+,19+,20?,21?,22?,23-,27+,28-/m1/s1. The molecule has 0 heterocycles. The van der Waals surface area contributed by atoms with Crippen molar-refractivity contribution in [1.82, 2.24) is 0 Å². The van der Waals surface area contributed by atoms with Gasteiger partial charge in [0.2, 0.25) is 0 Å². The number of fused-ring (bicyclic) bond motifs is 5. The van der Waals surface area contributed by atoms with Crippen molar-refractivity contribution in [2.75, 3.05) is 0 Å². The Morgan fingerprint density at radius 1 is 0.943 bits per heavy atom. The lowest BCUT2D eigenvalue weighted by Gasteiger charge is -2.61. The van der Waals surface area contributed by atoms with Crippen LogP contribution in [0.2, 0.25) is 0 Å². The van der Waals surface area contributed by atoms with Gasteiger partial charge in [0.15, 0.2) is 0 Å². The molecule has 0 bridgehead atoms. The second kappa shape index (κ2) is 10.0. The maximum atomic E-state index is 12.3. The highest BCUT2D eigenvalue weighted by Gasteiger charge is 2.60. The number of aliphatic carboxylic acids is 2. The maximum absolute atomic E-state index is 12.3. The van der Waals surface area contributed by atoms with Gasteiger partial charge in [-0.3, -0.25) is 14.4 Å². The van der Waals surface area contributed by atoms with E-state index in [1.807, 2.05) is 0 Å². The van der Waals surface area contributed by atoms with E-state index in [4.69, 9.17) is 20.7 Å². The molecule has 0 amide bonds. The molecule has 0 spiro atoms. The van der Waals surface area contributed by atoms with Crippen molar-refractivity contribution in [3.8, 4) is 0 Å². The van der Waals surface area contributed by atoms with Gasteiger partial charge in [-0.25, -0.2) is 0 Å². The minimum atomic E-state index is -1.10. The first-order valence-electron chi connectivity index (χ1n) is 13.9. The van der Waals surface area contributed by atoms with E-state index in [-0.39, 0.29) is 17.9 Å². The quantitative estimate of drug-likeness (QED) is 0.414. The molecule has 0 saturated heterocycles. The SMILES string of the molecule is C[C@H](CCC(=O)O)C1CCC2[C@@H]3CC[C@@H]4C[C@@H](OC(=O)[C@H](N)CC(=O)O)CC[C@]4(C)C3CC[C@@]21C. The number of rotatable bonds is 8. The van der Waals surface area contributed by atoms with Crippen LogP contribution in [0.15, 0.2) is 0 Å². The van der Waals surface area contributed by atoms with Crippen LogP contribution in [-0.4, -0.2) is 40.3 Å². The van der Waals surface area contributed by atoms with Gasteiger partial charge in [0.25, 0.3) is 0 Å². The Hall–Kier alpha value is -1.63. The number of carboxylic acids is 2. The van der Waals surface area contributed by atoms with Gasteiger partial charge < -0.3 is 20.7 Å². The molecular formula is C28H45NO6. The molecule has 0 aliphatic heterocycles. The number of carbonyl (C=O) groups is 3. The predicted molar refractivity (Wildman–Crippen MR) is 131 cm³/mol. The van der Waals surface area contributed by atoms with Crippen LogP contribution >= 0.6 is 0 Å². The van der Waals surface area contributed by atoms with Gasteiger partial charge in [0.1, 0.15) is 12.1 Å². The van der Waals surface area contributed by atoms with E-state index in [0.717, 1.165) is 37.5 Å². The summed E-state index contributed by atoms with van der Waals surface area (Å²) in [6.07, 6.45) is 10.7. The third-order valence-electron chi connectivity index (χ3n) is 11.2. The van der Waals surface area contributed by atoms with Crippen molar-refractivity contribution in [1.29, 1.82) is 0 Å². The van der Waals surface area contributed by atoms with Crippen LogP contribution in [0, 0.1) is 46.3 Å². The second-order valence-electron chi connectivity index (χ2n) is 12.8. The molecule has 3 unspecified atom stereocenters. The van der Waals surface area contributed by atoms with Gasteiger partial charge in [-0.05, 0) is 111 Å². The van der Waals surface area contributed by atoms with Gasteiger partial charge >= 0.3 is 17.9 Å². The fourth-order valence-corrected chi connectivity index (χ4v) is 9.38. The van der Waals surface area contributed by atoms with E-state index in [0.29, 0.717) is 29.1 Å². The summed E-state index contributed by atoms with van der Waals surface area (Å²) in [6, 6.07) is -1.10. The molecule has 4 saturated carbocycles. The monoisotopic (exact) mass is 491 g/mol. The summed E-state index contributed by atoms with van der Waals surface area (Å²) >= 11 is 0. The second-order valence-corrected chi connectivity index (χ2v) is 12.8. The van der Waals surface area contributed by atoms with Crippen LogP contribution in [-0.2, 0) is 19.1 Å². The lowest BCUT2D eigenvalue weighted by molar-refractivity contribution is -0.165. The van der Waals surface area contributed by atoms with E-state index < -0.39 is 30.4 Å². The molecule has 7 nitrogen and oxygen atoms in total. The van der Waals surface area contributed by atoms with Gasteiger partial charge in [-0.15, -0.1) is 0 Å². The average Bonchev–Trinajstić information content (AvgIpc) is 3.14. The van der Waals surface area contributed by atoms with Crippen LogP contribution in [0.3, 0.4) is 0 Å². The van der Waals surface area contributed by atoms with Crippen molar-refractivity contribution < 1.29 is 29.3 Å². The molecule has 10 atom stereocenters. The molecule has 4 rings (SSSR count). The van der Waals surface area contributed by atoms with E-state index in [9.17, 15) is 14.4 Å². The highest BCUT2D eigenvalue weighted by Crippen LogP contribution is 2.68. The largest absolute Gasteiger partial charge is 0.481 e. The Balaban J connectivity index is 1.40. The smallest absolute Gasteiger partial charge is 0.323 e. The molecule has 35 heavy (non-hydrogen) atoms. The highest BCUT2D eigenvalue weighted by molar-refractivity contribution is 5.81. The van der Waals surface area contributed by atoms with Crippen LogP contribution in [0.1, 0.15) is 97.8 Å².